The van der Waals surface area contributed by atoms with Gasteiger partial charge in [-0.05, 0) is 17.7 Å². The first-order valence-electron chi connectivity index (χ1n) is 4.90. The topological polar surface area (TPSA) is 37.4 Å². The van der Waals surface area contributed by atoms with Crippen LogP contribution in [0.4, 0.5) is 0 Å². The molecule has 0 amide bonds. The van der Waals surface area contributed by atoms with Crippen LogP contribution in [0.1, 0.15) is 5.56 Å². The lowest BCUT2D eigenvalue weighted by molar-refractivity contribution is -0.104. The van der Waals surface area contributed by atoms with Crippen LogP contribution in [0, 0.1) is 0 Å². The van der Waals surface area contributed by atoms with Crippen LogP contribution in [0.2, 0.25) is 0 Å². The van der Waals surface area contributed by atoms with Crippen LogP contribution in [-0.2, 0) is 16.1 Å². The zero-order chi connectivity index (χ0) is 11.6. The van der Waals surface area contributed by atoms with Gasteiger partial charge in [0.05, 0.1) is 0 Å². The van der Waals surface area contributed by atoms with Crippen molar-refractivity contribution < 1.29 is 9.59 Å². The summed E-state index contributed by atoms with van der Waals surface area (Å²) in [5, 5.41) is 0. The molecule has 3 nitrogen and oxygen atoms in total. The quantitative estimate of drug-likeness (QED) is 0.537. The fourth-order valence-electron chi connectivity index (χ4n) is 1.24. The highest BCUT2D eigenvalue weighted by Crippen LogP contribution is 2.05. The molecule has 0 saturated heterocycles. The third-order valence-corrected chi connectivity index (χ3v) is 1.92. The van der Waals surface area contributed by atoms with Crippen molar-refractivity contribution >= 4 is 12.6 Å². The van der Waals surface area contributed by atoms with Gasteiger partial charge >= 0.3 is 0 Å². The molecule has 1 aromatic carbocycles. The standard InChI is InChI=1S/C13H13NO2/c15-10-4-8-14(9-5-11-16)12-13-6-2-1-3-7-13/h1-11H,12H2/b8-4+,9-5+. The summed E-state index contributed by atoms with van der Waals surface area (Å²) in [4.78, 5) is 22.2. The molecule has 0 aliphatic carbocycles. The third kappa shape index (κ3) is 4.37. The van der Waals surface area contributed by atoms with Crippen LogP contribution in [-0.4, -0.2) is 17.5 Å². The van der Waals surface area contributed by atoms with Crippen LogP contribution < -0.4 is 0 Å². The van der Waals surface area contributed by atoms with Crippen molar-refractivity contribution in [2.75, 3.05) is 0 Å². The van der Waals surface area contributed by atoms with E-state index in [4.69, 9.17) is 0 Å². The molecule has 0 N–H and O–H groups in total. The molecule has 0 heterocycles. The fourth-order valence-corrected chi connectivity index (χ4v) is 1.24. The Kier molecular flexibility index (Phi) is 5.34. The summed E-state index contributed by atoms with van der Waals surface area (Å²) >= 11 is 0. The van der Waals surface area contributed by atoms with Gasteiger partial charge in [0.1, 0.15) is 12.6 Å². The third-order valence-electron chi connectivity index (χ3n) is 1.92. The molecule has 0 aliphatic heterocycles. The molecule has 0 atom stereocenters. The van der Waals surface area contributed by atoms with Crippen LogP contribution >= 0.6 is 0 Å². The summed E-state index contributed by atoms with van der Waals surface area (Å²) in [7, 11) is 0. The lowest BCUT2D eigenvalue weighted by Crippen LogP contribution is -2.09. The molecule has 0 saturated carbocycles. The van der Waals surface area contributed by atoms with Crippen LogP contribution in [0.25, 0.3) is 0 Å². The predicted molar refractivity (Wildman–Crippen MR) is 62.4 cm³/mol. The van der Waals surface area contributed by atoms with Gasteiger partial charge in [-0.3, -0.25) is 9.59 Å². The van der Waals surface area contributed by atoms with Crippen molar-refractivity contribution in [3.8, 4) is 0 Å². The first kappa shape index (κ1) is 11.9. The minimum atomic E-state index is 0.621. The van der Waals surface area contributed by atoms with Gasteiger partial charge < -0.3 is 4.90 Å². The Morgan fingerprint density at radius 3 is 2.00 bits per heavy atom. The predicted octanol–water partition coefficient (Wildman–Crippen LogP) is 1.91. The first-order valence-corrected chi connectivity index (χ1v) is 4.90. The van der Waals surface area contributed by atoms with Gasteiger partial charge in [-0.25, -0.2) is 0 Å². The second-order valence-electron chi connectivity index (χ2n) is 3.11. The molecule has 0 aromatic heterocycles. The van der Waals surface area contributed by atoms with Crippen LogP contribution in [0.15, 0.2) is 54.9 Å². The summed E-state index contributed by atoms with van der Waals surface area (Å²) < 4.78 is 0. The number of nitrogens with zero attached hydrogens (tertiary/aromatic N) is 1. The first-order chi connectivity index (χ1) is 7.86. The highest BCUT2D eigenvalue weighted by atomic mass is 16.1. The summed E-state index contributed by atoms with van der Waals surface area (Å²) in [6.07, 6.45) is 7.43. The minimum Gasteiger partial charge on any atom is -0.350 e. The van der Waals surface area contributed by atoms with E-state index in [0.29, 0.717) is 19.1 Å². The second-order valence-corrected chi connectivity index (χ2v) is 3.11. The highest BCUT2D eigenvalue weighted by Gasteiger charge is 1.96. The summed E-state index contributed by atoms with van der Waals surface area (Å²) in [6, 6.07) is 9.80. The summed E-state index contributed by atoms with van der Waals surface area (Å²) in [6.45, 7) is 0.621. The molecular formula is C13H13NO2. The molecule has 1 rings (SSSR count). The maximum atomic E-state index is 10.2. The maximum absolute atomic E-state index is 10.2. The molecule has 16 heavy (non-hydrogen) atoms. The second kappa shape index (κ2) is 7.17. The Labute approximate surface area is 94.7 Å². The molecule has 0 radical (unpaired) electrons. The number of rotatable bonds is 6. The number of carbonyl (C=O) groups is 2. The molecule has 82 valence electrons. The molecule has 0 bridgehead atoms. The maximum Gasteiger partial charge on any atom is 0.144 e. The summed E-state index contributed by atoms with van der Waals surface area (Å²) in [5.74, 6) is 0. The van der Waals surface area contributed by atoms with E-state index in [9.17, 15) is 9.59 Å². The van der Waals surface area contributed by atoms with E-state index < -0.39 is 0 Å². The Hall–Kier alpha value is -2.16. The van der Waals surface area contributed by atoms with Gasteiger partial charge in [-0.15, -0.1) is 0 Å². The number of hydrogen-bond acceptors (Lipinski definition) is 3. The number of carbonyl (C=O) groups excluding carboxylic acids is 2. The van der Waals surface area contributed by atoms with Crippen molar-refractivity contribution in [3.05, 3.63) is 60.4 Å². The lowest BCUT2D eigenvalue weighted by atomic mass is 10.2. The summed E-state index contributed by atoms with van der Waals surface area (Å²) in [5.41, 5.74) is 1.11. The number of aldehydes is 2. The Balaban J connectivity index is 2.70. The van der Waals surface area contributed by atoms with E-state index in [0.717, 1.165) is 5.56 Å². The molecule has 1 aromatic rings. The average Bonchev–Trinajstić information content (AvgIpc) is 2.34. The van der Waals surface area contributed by atoms with Crippen molar-refractivity contribution in [3.63, 3.8) is 0 Å². The van der Waals surface area contributed by atoms with Gasteiger partial charge in [0.25, 0.3) is 0 Å². The van der Waals surface area contributed by atoms with Crippen LogP contribution in [0.3, 0.4) is 0 Å². The monoisotopic (exact) mass is 215 g/mol. The van der Waals surface area contributed by atoms with E-state index >= 15 is 0 Å². The van der Waals surface area contributed by atoms with E-state index in [1.807, 2.05) is 30.3 Å². The van der Waals surface area contributed by atoms with Gasteiger partial charge in [-0.1, -0.05) is 30.3 Å². The zero-order valence-electron chi connectivity index (χ0n) is 8.82. The molecule has 0 fully saturated rings. The van der Waals surface area contributed by atoms with Crippen molar-refractivity contribution in [1.82, 2.24) is 4.90 Å². The van der Waals surface area contributed by atoms with Gasteiger partial charge in [0.15, 0.2) is 0 Å². The fraction of sp³-hybridized carbons (Fsp3) is 0.0769. The Morgan fingerprint density at radius 2 is 1.50 bits per heavy atom. The van der Waals surface area contributed by atoms with Gasteiger partial charge in [0, 0.05) is 18.9 Å². The minimum absolute atomic E-state index is 0.621. The highest BCUT2D eigenvalue weighted by molar-refractivity contribution is 5.65. The number of benzene rings is 1. The lowest BCUT2D eigenvalue weighted by Gasteiger charge is -2.14. The number of hydrogen-bond donors (Lipinski definition) is 0. The molecule has 0 spiro atoms. The van der Waals surface area contributed by atoms with Gasteiger partial charge in [0.2, 0.25) is 0 Å². The average molecular weight is 215 g/mol. The Bertz CT molecular complexity index is 364. The van der Waals surface area contributed by atoms with Gasteiger partial charge in [-0.2, -0.15) is 0 Å². The SMILES string of the molecule is O=C/C=C/N(/C=C/C=O)Cc1ccccc1. The molecule has 3 heteroatoms. The van der Waals surface area contributed by atoms with Crippen LogP contribution in [0.5, 0.6) is 0 Å². The van der Waals surface area contributed by atoms with Crippen molar-refractivity contribution in [2.24, 2.45) is 0 Å². The number of allylic oxidation sites excluding steroid dienone is 2. The smallest absolute Gasteiger partial charge is 0.144 e. The van der Waals surface area contributed by atoms with E-state index in [1.165, 1.54) is 12.2 Å². The van der Waals surface area contributed by atoms with Crippen molar-refractivity contribution in [2.45, 2.75) is 6.54 Å². The van der Waals surface area contributed by atoms with E-state index in [1.54, 1.807) is 17.3 Å². The zero-order valence-corrected chi connectivity index (χ0v) is 8.82. The van der Waals surface area contributed by atoms with E-state index in [2.05, 4.69) is 0 Å². The largest absolute Gasteiger partial charge is 0.350 e. The van der Waals surface area contributed by atoms with E-state index in [-0.39, 0.29) is 0 Å². The molecule has 0 aliphatic rings. The Morgan fingerprint density at radius 1 is 0.938 bits per heavy atom. The molecule has 0 unspecified atom stereocenters. The normalized spacial score (nSPS) is 10.8. The molecular weight excluding hydrogens is 202 g/mol. The van der Waals surface area contributed by atoms with Crippen molar-refractivity contribution in [1.29, 1.82) is 0 Å².